The molecule has 3 N–H and O–H groups in total. The van der Waals surface area contributed by atoms with Gasteiger partial charge in [-0.3, -0.25) is 9.59 Å². The first kappa shape index (κ1) is 14.7. The molecule has 2 fully saturated rings. The minimum Gasteiger partial charge on any atom is -0.504 e. The molecule has 1 heterocycles. The van der Waals surface area contributed by atoms with E-state index in [9.17, 15) is 14.7 Å². The van der Waals surface area contributed by atoms with Gasteiger partial charge in [-0.1, -0.05) is 0 Å². The van der Waals surface area contributed by atoms with Crippen molar-refractivity contribution in [3.05, 3.63) is 23.8 Å². The first-order valence-electron chi connectivity index (χ1n) is 7.69. The Balaban J connectivity index is 1.67. The molecule has 1 saturated heterocycles. The molecule has 6 nitrogen and oxygen atoms in total. The SMILES string of the molecule is O=C1C[C@H](NC(=O)c2ccc(O)c(OC3CCCC3)c2)CN1. The second-order valence-corrected chi connectivity index (χ2v) is 5.89. The molecule has 1 saturated carbocycles. The third-order valence-electron chi connectivity index (χ3n) is 4.13. The summed E-state index contributed by atoms with van der Waals surface area (Å²) in [6.45, 7) is 0.452. The third-order valence-corrected chi connectivity index (χ3v) is 4.13. The Hall–Kier alpha value is -2.24. The Bertz CT molecular complexity index is 582. The number of hydrogen-bond donors (Lipinski definition) is 3. The van der Waals surface area contributed by atoms with Crippen LogP contribution in [0.25, 0.3) is 0 Å². The van der Waals surface area contributed by atoms with Crippen LogP contribution >= 0.6 is 0 Å². The van der Waals surface area contributed by atoms with Crippen molar-refractivity contribution in [3.8, 4) is 11.5 Å². The molecule has 0 unspecified atom stereocenters. The Kier molecular flexibility index (Phi) is 4.18. The number of phenols is 1. The Morgan fingerprint density at radius 3 is 2.77 bits per heavy atom. The quantitative estimate of drug-likeness (QED) is 0.783. The zero-order chi connectivity index (χ0) is 15.5. The molecule has 0 bridgehead atoms. The fourth-order valence-electron chi connectivity index (χ4n) is 2.91. The molecule has 1 aliphatic heterocycles. The number of rotatable bonds is 4. The van der Waals surface area contributed by atoms with Crippen LogP contribution in [-0.2, 0) is 4.79 Å². The summed E-state index contributed by atoms with van der Waals surface area (Å²) >= 11 is 0. The first-order chi connectivity index (χ1) is 10.6. The normalized spacial score (nSPS) is 21.6. The van der Waals surface area contributed by atoms with Crippen LogP contribution in [0.1, 0.15) is 42.5 Å². The highest BCUT2D eigenvalue weighted by Gasteiger charge is 2.24. The lowest BCUT2D eigenvalue weighted by molar-refractivity contribution is -0.119. The van der Waals surface area contributed by atoms with Gasteiger partial charge in [-0.25, -0.2) is 0 Å². The molecule has 2 aliphatic rings. The largest absolute Gasteiger partial charge is 0.504 e. The average Bonchev–Trinajstić information content (AvgIpc) is 3.13. The summed E-state index contributed by atoms with van der Waals surface area (Å²) in [5.41, 5.74) is 0.421. The summed E-state index contributed by atoms with van der Waals surface area (Å²) < 4.78 is 5.79. The van der Waals surface area contributed by atoms with Crippen LogP contribution in [0.4, 0.5) is 0 Å². The van der Waals surface area contributed by atoms with E-state index >= 15 is 0 Å². The topological polar surface area (TPSA) is 87.7 Å². The van der Waals surface area contributed by atoms with Gasteiger partial charge in [-0.05, 0) is 43.9 Å². The number of phenolic OH excluding ortho intramolecular Hbond substituents is 1. The Labute approximate surface area is 128 Å². The van der Waals surface area contributed by atoms with Gasteiger partial charge in [-0.2, -0.15) is 0 Å². The smallest absolute Gasteiger partial charge is 0.251 e. The number of nitrogens with one attached hydrogen (secondary N) is 2. The number of amides is 2. The molecule has 1 aromatic rings. The number of benzene rings is 1. The molecule has 22 heavy (non-hydrogen) atoms. The second-order valence-electron chi connectivity index (χ2n) is 5.89. The van der Waals surface area contributed by atoms with E-state index in [1.54, 1.807) is 12.1 Å². The summed E-state index contributed by atoms with van der Waals surface area (Å²) in [6.07, 6.45) is 4.64. The predicted molar refractivity (Wildman–Crippen MR) is 79.9 cm³/mol. The van der Waals surface area contributed by atoms with Gasteiger partial charge in [0.15, 0.2) is 11.5 Å². The lowest BCUT2D eigenvalue weighted by Gasteiger charge is -2.16. The molecule has 0 spiro atoms. The summed E-state index contributed by atoms with van der Waals surface area (Å²) in [7, 11) is 0. The molecule has 118 valence electrons. The third kappa shape index (κ3) is 3.32. The van der Waals surface area contributed by atoms with Crippen molar-refractivity contribution in [1.82, 2.24) is 10.6 Å². The van der Waals surface area contributed by atoms with E-state index in [1.165, 1.54) is 6.07 Å². The van der Waals surface area contributed by atoms with E-state index in [-0.39, 0.29) is 29.7 Å². The monoisotopic (exact) mass is 304 g/mol. The van der Waals surface area contributed by atoms with Gasteiger partial charge in [0, 0.05) is 18.5 Å². The first-order valence-corrected chi connectivity index (χ1v) is 7.69. The van der Waals surface area contributed by atoms with Crippen molar-refractivity contribution in [2.75, 3.05) is 6.54 Å². The van der Waals surface area contributed by atoms with Crippen LogP contribution in [0.5, 0.6) is 11.5 Å². The Morgan fingerprint density at radius 1 is 1.32 bits per heavy atom. The molecule has 2 amide bonds. The number of hydrogen-bond acceptors (Lipinski definition) is 4. The number of carbonyl (C=O) groups excluding carboxylic acids is 2. The minimum absolute atomic E-state index is 0.0427. The standard InChI is InChI=1S/C16H20N2O4/c19-13-6-5-10(7-14(13)22-12-3-1-2-4-12)16(21)18-11-8-15(20)17-9-11/h5-7,11-12,19H,1-4,8-9H2,(H,17,20)(H,18,21)/t11-/m0/s1. The van der Waals surface area contributed by atoms with E-state index in [4.69, 9.17) is 4.74 Å². The zero-order valence-corrected chi connectivity index (χ0v) is 12.3. The van der Waals surface area contributed by atoms with Crippen molar-refractivity contribution in [2.24, 2.45) is 0 Å². The fourth-order valence-corrected chi connectivity index (χ4v) is 2.91. The zero-order valence-electron chi connectivity index (χ0n) is 12.3. The summed E-state index contributed by atoms with van der Waals surface area (Å²) in [5, 5.41) is 15.4. The molecule has 1 atom stereocenters. The van der Waals surface area contributed by atoms with Crippen molar-refractivity contribution >= 4 is 11.8 Å². The van der Waals surface area contributed by atoms with E-state index in [1.807, 2.05) is 0 Å². The molecule has 1 aliphatic carbocycles. The summed E-state index contributed by atoms with van der Waals surface area (Å²) in [5.74, 6) is 0.0698. The lowest BCUT2D eigenvalue weighted by atomic mass is 10.1. The van der Waals surface area contributed by atoms with E-state index < -0.39 is 0 Å². The van der Waals surface area contributed by atoms with E-state index in [0.29, 0.717) is 24.3 Å². The van der Waals surface area contributed by atoms with Crippen LogP contribution in [0, 0.1) is 0 Å². The van der Waals surface area contributed by atoms with Gasteiger partial charge in [0.2, 0.25) is 5.91 Å². The maximum absolute atomic E-state index is 12.2. The molecule has 0 radical (unpaired) electrons. The predicted octanol–water partition coefficient (Wildman–Crippen LogP) is 1.33. The maximum Gasteiger partial charge on any atom is 0.251 e. The van der Waals surface area contributed by atoms with Crippen LogP contribution in [-0.4, -0.2) is 35.6 Å². The highest BCUT2D eigenvalue weighted by atomic mass is 16.5. The highest BCUT2D eigenvalue weighted by Crippen LogP contribution is 2.31. The van der Waals surface area contributed by atoms with Gasteiger partial charge >= 0.3 is 0 Å². The summed E-state index contributed by atoms with van der Waals surface area (Å²) in [4.78, 5) is 23.4. The van der Waals surface area contributed by atoms with Crippen molar-refractivity contribution in [3.63, 3.8) is 0 Å². The van der Waals surface area contributed by atoms with Gasteiger partial charge in [-0.15, -0.1) is 0 Å². The van der Waals surface area contributed by atoms with E-state index in [2.05, 4.69) is 10.6 Å². The average molecular weight is 304 g/mol. The molecule has 3 rings (SSSR count). The van der Waals surface area contributed by atoms with Crippen molar-refractivity contribution in [1.29, 1.82) is 0 Å². The number of ether oxygens (including phenoxy) is 1. The summed E-state index contributed by atoms with van der Waals surface area (Å²) in [6, 6.07) is 4.40. The van der Waals surface area contributed by atoms with Crippen LogP contribution in [0.3, 0.4) is 0 Å². The molecule has 6 heteroatoms. The van der Waals surface area contributed by atoms with E-state index in [0.717, 1.165) is 25.7 Å². The van der Waals surface area contributed by atoms with Crippen molar-refractivity contribution in [2.45, 2.75) is 44.2 Å². The molecular weight excluding hydrogens is 284 g/mol. The van der Waals surface area contributed by atoms with Crippen molar-refractivity contribution < 1.29 is 19.4 Å². The molecular formula is C16H20N2O4. The minimum atomic E-state index is -0.266. The molecule has 1 aromatic carbocycles. The number of carbonyl (C=O) groups is 2. The van der Waals surface area contributed by atoms with Crippen LogP contribution in [0.2, 0.25) is 0 Å². The molecule has 0 aromatic heterocycles. The number of aromatic hydroxyl groups is 1. The second kappa shape index (κ2) is 6.25. The highest BCUT2D eigenvalue weighted by molar-refractivity contribution is 5.95. The lowest BCUT2D eigenvalue weighted by Crippen LogP contribution is -2.36. The van der Waals surface area contributed by atoms with Gasteiger partial charge in [0.25, 0.3) is 5.91 Å². The van der Waals surface area contributed by atoms with Gasteiger partial charge in [0.05, 0.1) is 12.1 Å². The van der Waals surface area contributed by atoms with Gasteiger partial charge in [0.1, 0.15) is 0 Å². The maximum atomic E-state index is 12.2. The Morgan fingerprint density at radius 2 is 2.09 bits per heavy atom. The van der Waals surface area contributed by atoms with Crippen LogP contribution < -0.4 is 15.4 Å². The van der Waals surface area contributed by atoms with Crippen LogP contribution in [0.15, 0.2) is 18.2 Å². The van der Waals surface area contributed by atoms with Gasteiger partial charge < -0.3 is 20.5 Å². The fraction of sp³-hybridized carbons (Fsp3) is 0.500.